The molecule has 0 radical (unpaired) electrons. The molecular weight excluding hydrogens is 297 g/mol. The third-order valence-corrected chi connectivity index (χ3v) is 0.827. The molecule has 0 aliphatic carbocycles. The molecule has 0 atom stereocenters. The minimum Gasteiger partial charge on any atom is -1.00 e. The molecule has 0 aromatic rings. The van der Waals surface area contributed by atoms with E-state index in [1.165, 1.54) is 12.8 Å². The Kier molecular flexibility index (Phi) is 66.5. The third kappa shape index (κ3) is 16.5. The Labute approximate surface area is 106 Å². The molecule has 10 heavy (non-hydrogen) atoms. The molecule has 1 rings (SSSR count). The topological polar surface area (TPSA) is 9.23 Å². The minimum absolute atomic E-state index is 0. The van der Waals surface area contributed by atoms with E-state index in [9.17, 15) is 0 Å². The normalized spacial score (nSPS) is 12.0. The maximum absolute atomic E-state index is 4.94. The van der Waals surface area contributed by atoms with E-state index in [0.29, 0.717) is 0 Å². The zero-order valence-corrected chi connectivity index (χ0v) is 10.7. The number of ether oxygens (including phenoxy) is 1. The zero-order chi connectivity index (χ0) is 3.54. The van der Waals surface area contributed by atoms with Gasteiger partial charge in [0.25, 0.3) is 0 Å². The van der Waals surface area contributed by atoms with E-state index in [2.05, 4.69) is 0 Å². The standard InChI is InChI=1S/C4H8O.4ClH.Zr/c1-2-4-5-3-1;;;;;/h1-4H2;4*1H;/q;;;;;+2/p-4. The first-order valence-corrected chi connectivity index (χ1v) is 2.08. The second-order valence-electron chi connectivity index (χ2n) is 1.32. The molecule has 1 aliphatic rings. The van der Waals surface area contributed by atoms with Crippen LogP contribution in [0.2, 0.25) is 0 Å². The van der Waals surface area contributed by atoms with Crippen LogP contribution in [0.1, 0.15) is 12.8 Å². The number of hydrogen-bond donors (Lipinski definition) is 0. The molecule has 1 fully saturated rings. The van der Waals surface area contributed by atoms with E-state index in [-0.39, 0.29) is 75.8 Å². The van der Waals surface area contributed by atoms with E-state index in [4.69, 9.17) is 4.74 Å². The quantitative estimate of drug-likeness (QED) is 0.432. The van der Waals surface area contributed by atoms with Crippen molar-refractivity contribution in [3.8, 4) is 0 Å². The van der Waals surface area contributed by atoms with Gasteiger partial charge in [-0.1, -0.05) is 0 Å². The fourth-order valence-corrected chi connectivity index (χ4v) is 0.510. The maximum Gasteiger partial charge on any atom is 2.00 e. The first-order chi connectivity index (χ1) is 2.50. The summed E-state index contributed by atoms with van der Waals surface area (Å²) >= 11 is 0. The summed E-state index contributed by atoms with van der Waals surface area (Å²) in [6.45, 7) is 2.00. The minimum atomic E-state index is 0. The first kappa shape index (κ1) is 29.6. The second kappa shape index (κ2) is 22.4. The average Bonchev–Trinajstić information content (AvgIpc) is 1.76. The van der Waals surface area contributed by atoms with Crippen LogP contribution in [0.15, 0.2) is 0 Å². The fraction of sp³-hybridized carbons (Fsp3) is 1.00. The summed E-state index contributed by atoms with van der Waals surface area (Å²) in [7, 11) is 0. The van der Waals surface area contributed by atoms with Crippen LogP contribution in [0, 0.1) is 0 Å². The van der Waals surface area contributed by atoms with Gasteiger partial charge in [-0.2, -0.15) is 0 Å². The predicted octanol–water partition coefficient (Wildman–Crippen LogP) is -11.2. The molecule has 64 valence electrons. The summed E-state index contributed by atoms with van der Waals surface area (Å²) in [5, 5.41) is 0. The Morgan fingerprint density at radius 1 is 0.700 bits per heavy atom. The molecule has 0 aromatic heterocycles. The summed E-state index contributed by atoms with van der Waals surface area (Å²) in [5.74, 6) is 0. The van der Waals surface area contributed by atoms with Gasteiger partial charge < -0.3 is 54.4 Å². The van der Waals surface area contributed by atoms with E-state index < -0.39 is 0 Å². The molecular formula is C4H8Cl4OZr-2. The Hall–Kier alpha value is 2.00. The van der Waals surface area contributed by atoms with Gasteiger partial charge in [0.05, 0.1) is 0 Å². The van der Waals surface area contributed by atoms with Crippen molar-refractivity contribution in [2.24, 2.45) is 0 Å². The fourth-order valence-electron chi connectivity index (χ4n) is 0.510. The Bertz CT molecular complexity index is 28.8. The van der Waals surface area contributed by atoms with Crippen molar-refractivity contribution in [2.75, 3.05) is 13.2 Å². The summed E-state index contributed by atoms with van der Waals surface area (Å²) < 4.78 is 4.94. The van der Waals surface area contributed by atoms with Gasteiger partial charge in [-0.05, 0) is 12.8 Å². The van der Waals surface area contributed by atoms with Crippen LogP contribution >= 0.6 is 0 Å². The van der Waals surface area contributed by atoms with Gasteiger partial charge in [0, 0.05) is 13.2 Å². The molecule has 0 N–H and O–H groups in total. The Morgan fingerprint density at radius 2 is 1.00 bits per heavy atom. The van der Waals surface area contributed by atoms with E-state index >= 15 is 0 Å². The molecule has 0 saturated carbocycles. The molecule has 0 spiro atoms. The van der Waals surface area contributed by atoms with Crippen molar-refractivity contribution in [3.05, 3.63) is 0 Å². The number of rotatable bonds is 0. The molecule has 0 bridgehead atoms. The molecule has 1 aliphatic heterocycles. The largest absolute Gasteiger partial charge is 2.00 e. The molecule has 1 heterocycles. The maximum atomic E-state index is 4.94. The van der Waals surface area contributed by atoms with Crippen LogP contribution in [-0.4, -0.2) is 13.2 Å². The van der Waals surface area contributed by atoms with Gasteiger partial charge >= 0.3 is 26.2 Å². The van der Waals surface area contributed by atoms with Crippen molar-refractivity contribution in [1.82, 2.24) is 0 Å². The van der Waals surface area contributed by atoms with E-state index in [1.807, 2.05) is 0 Å². The van der Waals surface area contributed by atoms with E-state index in [0.717, 1.165) is 13.2 Å². The van der Waals surface area contributed by atoms with Gasteiger partial charge in [0.15, 0.2) is 0 Å². The van der Waals surface area contributed by atoms with Gasteiger partial charge in [0.1, 0.15) is 0 Å². The van der Waals surface area contributed by atoms with Gasteiger partial charge in [-0.25, -0.2) is 0 Å². The molecule has 0 amide bonds. The van der Waals surface area contributed by atoms with Crippen LogP contribution in [0.25, 0.3) is 0 Å². The molecule has 6 heteroatoms. The number of hydrogen-bond acceptors (Lipinski definition) is 1. The monoisotopic (exact) mass is 302 g/mol. The smallest absolute Gasteiger partial charge is 1.00 e. The third-order valence-electron chi connectivity index (χ3n) is 0.827. The predicted molar refractivity (Wildman–Crippen MR) is 20.1 cm³/mol. The summed E-state index contributed by atoms with van der Waals surface area (Å²) in [5.41, 5.74) is 0. The summed E-state index contributed by atoms with van der Waals surface area (Å²) in [6.07, 6.45) is 2.56. The van der Waals surface area contributed by atoms with E-state index in [1.54, 1.807) is 0 Å². The van der Waals surface area contributed by atoms with Crippen molar-refractivity contribution in [3.63, 3.8) is 0 Å². The van der Waals surface area contributed by atoms with Crippen molar-refractivity contribution >= 4 is 0 Å². The van der Waals surface area contributed by atoms with Crippen LogP contribution < -0.4 is 49.6 Å². The first-order valence-electron chi connectivity index (χ1n) is 2.08. The van der Waals surface area contributed by atoms with Crippen molar-refractivity contribution in [1.29, 1.82) is 0 Å². The van der Waals surface area contributed by atoms with Gasteiger partial charge in [0.2, 0.25) is 0 Å². The van der Waals surface area contributed by atoms with Crippen LogP contribution in [0.5, 0.6) is 0 Å². The molecule has 1 nitrogen and oxygen atoms in total. The Morgan fingerprint density at radius 3 is 1.10 bits per heavy atom. The van der Waals surface area contributed by atoms with Gasteiger partial charge in [-0.3, -0.25) is 0 Å². The van der Waals surface area contributed by atoms with Crippen LogP contribution in [-0.2, 0) is 30.9 Å². The Balaban J connectivity index is -0.0000000167. The summed E-state index contributed by atoms with van der Waals surface area (Å²) in [6, 6.07) is 0. The average molecular weight is 305 g/mol. The number of halogens is 4. The second-order valence-corrected chi connectivity index (χ2v) is 1.32. The van der Waals surface area contributed by atoms with Crippen molar-refractivity contribution in [2.45, 2.75) is 12.8 Å². The SMILES string of the molecule is C1CCOC1.[Cl-].[Cl-].[Cl-].[Cl-].[Zr+2]. The molecule has 1 saturated heterocycles. The van der Waals surface area contributed by atoms with Crippen LogP contribution in [0.3, 0.4) is 0 Å². The molecule has 0 unspecified atom stereocenters. The van der Waals surface area contributed by atoms with Crippen molar-refractivity contribution < 1.29 is 80.6 Å². The zero-order valence-electron chi connectivity index (χ0n) is 5.25. The van der Waals surface area contributed by atoms with Gasteiger partial charge in [-0.15, -0.1) is 0 Å². The summed E-state index contributed by atoms with van der Waals surface area (Å²) in [4.78, 5) is 0. The molecule has 0 aromatic carbocycles. The van der Waals surface area contributed by atoms with Crippen LogP contribution in [0.4, 0.5) is 0 Å².